The number of likely N-dealkylation sites (tertiary alicyclic amines) is 1. The summed E-state index contributed by atoms with van der Waals surface area (Å²) in [6, 6.07) is 9.87. The Kier molecular flexibility index (Phi) is 3.90. The standard InChI is InChI=1S/C15H21N5O/c1-18(2)14-13(12-8-4-3-5-9-12)16-17-15(20(14)21)19-10-6-7-11-19/h3-5,8-9,14,21H,6-7,10-11H2,1-2H3. The second kappa shape index (κ2) is 5.83. The molecule has 0 spiro atoms. The molecule has 1 aromatic rings. The van der Waals surface area contributed by atoms with Crippen molar-refractivity contribution in [2.24, 2.45) is 10.2 Å². The lowest BCUT2D eigenvalue weighted by molar-refractivity contribution is -0.0831. The van der Waals surface area contributed by atoms with Crippen LogP contribution in [0.1, 0.15) is 18.4 Å². The number of hydrogen-bond donors (Lipinski definition) is 1. The summed E-state index contributed by atoms with van der Waals surface area (Å²) < 4.78 is 0. The zero-order chi connectivity index (χ0) is 14.8. The predicted octanol–water partition coefficient (Wildman–Crippen LogP) is 1.44. The van der Waals surface area contributed by atoms with Crippen molar-refractivity contribution in [3.63, 3.8) is 0 Å². The van der Waals surface area contributed by atoms with E-state index in [9.17, 15) is 5.21 Å². The van der Waals surface area contributed by atoms with Crippen LogP contribution in [0.4, 0.5) is 0 Å². The molecule has 21 heavy (non-hydrogen) atoms. The number of likely N-dealkylation sites (N-methyl/N-ethyl adjacent to an activating group) is 1. The second-order valence-electron chi connectivity index (χ2n) is 5.63. The van der Waals surface area contributed by atoms with Crippen LogP contribution in [0.5, 0.6) is 0 Å². The molecule has 2 aliphatic rings. The molecule has 0 radical (unpaired) electrons. The van der Waals surface area contributed by atoms with E-state index in [1.807, 2.05) is 49.3 Å². The first-order chi connectivity index (χ1) is 10.2. The summed E-state index contributed by atoms with van der Waals surface area (Å²) in [5.74, 6) is 0.547. The summed E-state index contributed by atoms with van der Waals surface area (Å²) in [4.78, 5) is 4.03. The van der Waals surface area contributed by atoms with E-state index in [0.717, 1.165) is 37.2 Å². The number of benzene rings is 1. The lowest BCUT2D eigenvalue weighted by Gasteiger charge is -2.38. The van der Waals surface area contributed by atoms with E-state index in [2.05, 4.69) is 15.1 Å². The van der Waals surface area contributed by atoms with Gasteiger partial charge < -0.3 is 4.90 Å². The van der Waals surface area contributed by atoms with Gasteiger partial charge in [-0.1, -0.05) is 30.3 Å². The van der Waals surface area contributed by atoms with Gasteiger partial charge in [0, 0.05) is 18.7 Å². The molecule has 3 rings (SSSR count). The summed E-state index contributed by atoms with van der Waals surface area (Å²) in [5.41, 5.74) is 1.73. The zero-order valence-corrected chi connectivity index (χ0v) is 12.5. The van der Waals surface area contributed by atoms with Gasteiger partial charge in [-0.15, -0.1) is 10.2 Å². The van der Waals surface area contributed by atoms with E-state index in [-0.39, 0.29) is 6.17 Å². The zero-order valence-electron chi connectivity index (χ0n) is 12.5. The molecule has 0 amide bonds. The Labute approximate surface area is 124 Å². The van der Waals surface area contributed by atoms with Gasteiger partial charge in [-0.3, -0.25) is 10.1 Å². The maximum absolute atomic E-state index is 10.6. The Morgan fingerprint density at radius 3 is 2.38 bits per heavy atom. The fraction of sp³-hybridized carbons (Fsp3) is 0.467. The first kappa shape index (κ1) is 14.0. The van der Waals surface area contributed by atoms with Crippen molar-refractivity contribution in [1.29, 1.82) is 0 Å². The minimum atomic E-state index is -0.333. The largest absolute Gasteiger partial charge is 0.339 e. The van der Waals surface area contributed by atoms with E-state index in [1.165, 1.54) is 5.06 Å². The van der Waals surface area contributed by atoms with Crippen molar-refractivity contribution in [3.05, 3.63) is 35.9 Å². The molecule has 1 aromatic carbocycles. The van der Waals surface area contributed by atoms with Crippen molar-refractivity contribution in [2.45, 2.75) is 19.0 Å². The van der Waals surface area contributed by atoms with E-state index < -0.39 is 0 Å². The minimum Gasteiger partial charge on any atom is -0.339 e. The Morgan fingerprint density at radius 2 is 1.76 bits per heavy atom. The number of hydrogen-bond acceptors (Lipinski definition) is 6. The number of guanidine groups is 1. The Morgan fingerprint density at radius 1 is 1.10 bits per heavy atom. The number of rotatable bonds is 2. The Balaban J connectivity index is 1.97. The van der Waals surface area contributed by atoms with Crippen molar-refractivity contribution in [2.75, 3.05) is 27.2 Å². The predicted molar refractivity (Wildman–Crippen MR) is 82.3 cm³/mol. The van der Waals surface area contributed by atoms with Gasteiger partial charge in [0.25, 0.3) is 0 Å². The van der Waals surface area contributed by atoms with E-state index in [0.29, 0.717) is 5.96 Å². The van der Waals surface area contributed by atoms with E-state index >= 15 is 0 Å². The molecule has 1 unspecified atom stereocenters. The summed E-state index contributed by atoms with van der Waals surface area (Å²) in [7, 11) is 3.86. The van der Waals surface area contributed by atoms with Gasteiger partial charge in [0.1, 0.15) is 5.71 Å². The van der Waals surface area contributed by atoms with Crippen LogP contribution in [-0.4, -0.2) is 65.1 Å². The van der Waals surface area contributed by atoms with Crippen LogP contribution in [0, 0.1) is 0 Å². The maximum atomic E-state index is 10.6. The molecular formula is C15H21N5O. The molecule has 112 valence electrons. The molecule has 6 heteroatoms. The first-order valence-electron chi connectivity index (χ1n) is 7.29. The number of hydroxylamine groups is 2. The van der Waals surface area contributed by atoms with Crippen molar-refractivity contribution >= 4 is 11.7 Å². The highest BCUT2D eigenvalue weighted by Crippen LogP contribution is 2.20. The summed E-state index contributed by atoms with van der Waals surface area (Å²) in [5, 5.41) is 20.5. The molecule has 2 heterocycles. The van der Waals surface area contributed by atoms with E-state index in [4.69, 9.17) is 0 Å². The first-order valence-corrected chi connectivity index (χ1v) is 7.29. The van der Waals surface area contributed by atoms with Gasteiger partial charge in [-0.25, -0.2) is 0 Å². The third kappa shape index (κ3) is 2.64. The molecule has 1 N–H and O–H groups in total. The summed E-state index contributed by atoms with van der Waals surface area (Å²) in [6.45, 7) is 1.85. The van der Waals surface area contributed by atoms with Crippen molar-refractivity contribution in [3.8, 4) is 0 Å². The van der Waals surface area contributed by atoms with Crippen molar-refractivity contribution in [1.82, 2.24) is 14.9 Å². The maximum Gasteiger partial charge on any atom is 0.247 e. The van der Waals surface area contributed by atoms with Crippen LogP contribution < -0.4 is 0 Å². The van der Waals surface area contributed by atoms with Crippen LogP contribution in [0.25, 0.3) is 0 Å². The van der Waals surface area contributed by atoms with Gasteiger partial charge in [0.2, 0.25) is 5.96 Å². The third-order valence-electron chi connectivity index (χ3n) is 3.88. The van der Waals surface area contributed by atoms with E-state index in [1.54, 1.807) is 0 Å². The monoisotopic (exact) mass is 287 g/mol. The van der Waals surface area contributed by atoms with Crippen LogP contribution in [0.2, 0.25) is 0 Å². The SMILES string of the molecule is CN(C)C1C(c2ccccc2)=NN=C(N2CCCC2)N1O. The third-order valence-corrected chi connectivity index (χ3v) is 3.88. The van der Waals surface area contributed by atoms with Gasteiger partial charge >= 0.3 is 0 Å². The fourth-order valence-electron chi connectivity index (χ4n) is 2.83. The second-order valence-corrected chi connectivity index (χ2v) is 5.63. The number of nitrogens with zero attached hydrogens (tertiary/aromatic N) is 5. The summed E-state index contributed by atoms with van der Waals surface area (Å²) in [6.07, 6.45) is 1.93. The Bertz CT molecular complexity index is 548. The topological polar surface area (TPSA) is 54.7 Å². The molecule has 1 atom stereocenters. The molecule has 0 aromatic heterocycles. The normalized spacial score (nSPS) is 22.6. The van der Waals surface area contributed by atoms with Crippen LogP contribution in [0.15, 0.2) is 40.5 Å². The van der Waals surface area contributed by atoms with Gasteiger partial charge in [-0.05, 0) is 26.9 Å². The quantitative estimate of drug-likeness (QED) is 0.894. The average Bonchev–Trinajstić information content (AvgIpc) is 3.01. The minimum absolute atomic E-state index is 0.333. The lowest BCUT2D eigenvalue weighted by atomic mass is 10.1. The highest BCUT2D eigenvalue weighted by molar-refractivity contribution is 6.07. The Hall–Kier alpha value is -1.92. The highest BCUT2D eigenvalue weighted by atomic mass is 16.5. The molecule has 0 aliphatic carbocycles. The molecule has 0 bridgehead atoms. The molecule has 1 saturated heterocycles. The molecule has 2 aliphatic heterocycles. The van der Waals surface area contributed by atoms with Crippen molar-refractivity contribution < 1.29 is 5.21 Å². The fourth-order valence-corrected chi connectivity index (χ4v) is 2.83. The summed E-state index contributed by atoms with van der Waals surface area (Å²) >= 11 is 0. The van der Waals surface area contributed by atoms with Crippen LogP contribution in [-0.2, 0) is 0 Å². The van der Waals surface area contributed by atoms with Gasteiger partial charge in [0.15, 0.2) is 6.17 Å². The van der Waals surface area contributed by atoms with Crippen LogP contribution >= 0.6 is 0 Å². The highest BCUT2D eigenvalue weighted by Gasteiger charge is 2.35. The average molecular weight is 287 g/mol. The van der Waals surface area contributed by atoms with Gasteiger partial charge in [0.05, 0.1) is 0 Å². The molecule has 1 fully saturated rings. The molecule has 6 nitrogen and oxygen atoms in total. The smallest absolute Gasteiger partial charge is 0.247 e. The van der Waals surface area contributed by atoms with Gasteiger partial charge in [-0.2, -0.15) is 5.06 Å². The molecular weight excluding hydrogens is 266 g/mol. The molecule has 0 saturated carbocycles. The lowest BCUT2D eigenvalue weighted by Crippen LogP contribution is -2.57. The van der Waals surface area contributed by atoms with Crippen LogP contribution in [0.3, 0.4) is 0 Å².